The Morgan fingerprint density at radius 3 is 2.57 bits per heavy atom. The molecule has 118 valence electrons. The number of pyridine rings is 1. The summed E-state index contributed by atoms with van der Waals surface area (Å²) in [6.07, 6.45) is 1.66. The average Bonchev–Trinajstić information content (AvgIpc) is 3.12. The average molecular weight is 310 g/mol. The molecule has 0 aliphatic rings. The van der Waals surface area contributed by atoms with Crippen LogP contribution in [0.2, 0.25) is 0 Å². The third-order valence-corrected chi connectivity index (χ3v) is 4.40. The van der Waals surface area contributed by atoms with Crippen LogP contribution in [0.15, 0.2) is 17.1 Å². The highest BCUT2D eigenvalue weighted by atomic mass is 16.1. The smallest absolute Gasteiger partial charge is 0.284 e. The van der Waals surface area contributed by atoms with E-state index in [0.717, 1.165) is 41.0 Å². The maximum Gasteiger partial charge on any atom is 0.284 e. The summed E-state index contributed by atoms with van der Waals surface area (Å²) in [6.45, 7) is 9.43. The Morgan fingerprint density at radius 2 is 1.87 bits per heavy atom. The molecule has 4 rings (SSSR count). The Kier molecular flexibility index (Phi) is 2.81. The van der Waals surface area contributed by atoms with E-state index in [-0.39, 0.29) is 5.56 Å². The normalized spacial score (nSPS) is 12.0. The van der Waals surface area contributed by atoms with Crippen LogP contribution in [0, 0.1) is 13.8 Å². The van der Waals surface area contributed by atoms with Crippen LogP contribution in [0.25, 0.3) is 27.6 Å². The summed E-state index contributed by atoms with van der Waals surface area (Å²) in [5, 5.41) is 10.3. The van der Waals surface area contributed by atoms with Crippen molar-refractivity contribution in [2.24, 2.45) is 0 Å². The third kappa shape index (κ3) is 1.64. The molecule has 0 aliphatic carbocycles. The standard InChI is InChI=1S/C16H18N6O/c1-5-20-11-7-8-17-22(11)16(23)13-9(3)18-15-12(14(13)20)10(4)19-21(15)6-2/h7-8H,5-6H2,1-4H3. The molecule has 0 amide bonds. The van der Waals surface area contributed by atoms with Gasteiger partial charge >= 0.3 is 0 Å². The van der Waals surface area contributed by atoms with E-state index in [4.69, 9.17) is 0 Å². The monoisotopic (exact) mass is 310 g/mol. The predicted molar refractivity (Wildman–Crippen MR) is 88.9 cm³/mol. The van der Waals surface area contributed by atoms with Crippen molar-refractivity contribution in [3.8, 4) is 0 Å². The number of hydrogen-bond acceptors (Lipinski definition) is 4. The summed E-state index contributed by atoms with van der Waals surface area (Å²) in [4.78, 5) is 17.6. The Hall–Kier alpha value is -2.70. The van der Waals surface area contributed by atoms with Crippen molar-refractivity contribution < 1.29 is 0 Å². The predicted octanol–water partition coefficient (Wildman–Crippen LogP) is 2.05. The Labute approximate surface area is 132 Å². The van der Waals surface area contributed by atoms with Crippen LogP contribution in [0.5, 0.6) is 0 Å². The number of aryl methyl sites for hydroxylation is 4. The molecule has 0 spiro atoms. The summed E-state index contributed by atoms with van der Waals surface area (Å²) in [7, 11) is 0. The molecule has 7 nitrogen and oxygen atoms in total. The van der Waals surface area contributed by atoms with E-state index in [0.29, 0.717) is 11.1 Å². The van der Waals surface area contributed by atoms with Gasteiger partial charge < -0.3 is 4.57 Å². The first-order valence-electron chi connectivity index (χ1n) is 7.82. The summed E-state index contributed by atoms with van der Waals surface area (Å²) < 4.78 is 5.46. The van der Waals surface area contributed by atoms with E-state index < -0.39 is 0 Å². The van der Waals surface area contributed by atoms with E-state index in [1.165, 1.54) is 4.52 Å². The highest BCUT2D eigenvalue weighted by Crippen LogP contribution is 2.28. The summed E-state index contributed by atoms with van der Waals surface area (Å²) >= 11 is 0. The van der Waals surface area contributed by atoms with E-state index >= 15 is 0 Å². The SMILES string of the molecule is CCn1nc(C)c2c1nc(C)c1c(=O)n3nccc3n(CC)c12. The van der Waals surface area contributed by atoms with Gasteiger partial charge in [0.2, 0.25) is 0 Å². The van der Waals surface area contributed by atoms with Gasteiger partial charge in [0.25, 0.3) is 5.56 Å². The fourth-order valence-electron chi connectivity index (χ4n) is 3.42. The second-order valence-corrected chi connectivity index (χ2v) is 5.67. The van der Waals surface area contributed by atoms with Crippen LogP contribution >= 0.6 is 0 Å². The molecule has 0 unspecified atom stereocenters. The topological polar surface area (TPSA) is 70.0 Å². The van der Waals surface area contributed by atoms with Gasteiger partial charge in [0.1, 0.15) is 5.65 Å². The maximum atomic E-state index is 12.9. The molecule has 0 aromatic carbocycles. The van der Waals surface area contributed by atoms with E-state index in [1.54, 1.807) is 6.20 Å². The van der Waals surface area contributed by atoms with Crippen LogP contribution in [0.4, 0.5) is 0 Å². The molecule has 4 aromatic heterocycles. The highest BCUT2D eigenvalue weighted by Gasteiger charge is 2.20. The van der Waals surface area contributed by atoms with Crippen molar-refractivity contribution in [1.82, 2.24) is 28.9 Å². The second kappa shape index (κ2) is 4.65. The van der Waals surface area contributed by atoms with Crippen molar-refractivity contribution in [1.29, 1.82) is 0 Å². The fourth-order valence-corrected chi connectivity index (χ4v) is 3.42. The van der Waals surface area contributed by atoms with Gasteiger partial charge in [-0.25, -0.2) is 9.67 Å². The quantitative estimate of drug-likeness (QED) is 0.568. The van der Waals surface area contributed by atoms with Crippen molar-refractivity contribution in [3.63, 3.8) is 0 Å². The molecule has 0 saturated carbocycles. The van der Waals surface area contributed by atoms with Crippen molar-refractivity contribution in [3.05, 3.63) is 34.0 Å². The van der Waals surface area contributed by atoms with Crippen molar-refractivity contribution in [2.45, 2.75) is 40.8 Å². The lowest BCUT2D eigenvalue weighted by Crippen LogP contribution is -2.21. The molecule has 0 radical (unpaired) electrons. The van der Waals surface area contributed by atoms with Gasteiger partial charge in [0, 0.05) is 19.2 Å². The Balaban J connectivity index is 2.43. The van der Waals surface area contributed by atoms with Crippen molar-refractivity contribution in [2.75, 3.05) is 0 Å². The minimum atomic E-state index is -0.125. The summed E-state index contributed by atoms with van der Waals surface area (Å²) in [5.41, 5.74) is 4.02. The van der Waals surface area contributed by atoms with Crippen LogP contribution in [-0.4, -0.2) is 28.9 Å². The zero-order chi connectivity index (χ0) is 16.3. The fraction of sp³-hybridized carbons (Fsp3) is 0.375. The molecule has 0 fully saturated rings. The lowest BCUT2D eigenvalue weighted by molar-refractivity contribution is 0.669. The van der Waals surface area contributed by atoms with E-state index in [2.05, 4.69) is 26.7 Å². The molecule has 23 heavy (non-hydrogen) atoms. The molecule has 4 heterocycles. The first-order valence-corrected chi connectivity index (χ1v) is 7.82. The third-order valence-electron chi connectivity index (χ3n) is 4.40. The molecular weight excluding hydrogens is 292 g/mol. The van der Waals surface area contributed by atoms with Gasteiger partial charge in [0.15, 0.2) is 5.65 Å². The lowest BCUT2D eigenvalue weighted by Gasteiger charge is -2.13. The van der Waals surface area contributed by atoms with Crippen LogP contribution < -0.4 is 5.56 Å². The molecule has 0 N–H and O–H groups in total. The van der Waals surface area contributed by atoms with Gasteiger partial charge in [-0.2, -0.15) is 14.7 Å². The molecule has 4 aromatic rings. The summed E-state index contributed by atoms with van der Waals surface area (Å²) in [5.74, 6) is 0. The minimum absolute atomic E-state index is 0.125. The highest BCUT2D eigenvalue weighted by molar-refractivity contribution is 6.05. The van der Waals surface area contributed by atoms with E-state index in [9.17, 15) is 4.79 Å². The number of nitrogens with zero attached hydrogens (tertiary/aromatic N) is 6. The molecule has 0 saturated heterocycles. The molecule has 0 bridgehead atoms. The number of fused-ring (bicyclic) bond motifs is 4. The molecular formula is C16H18N6O. The van der Waals surface area contributed by atoms with Gasteiger partial charge in [-0.05, 0) is 27.7 Å². The number of aromatic nitrogens is 6. The Morgan fingerprint density at radius 1 is 1.09 bits per heavy atom. The van der Waals surface area contributed by atoms with E-state index in [1.807, 2.05) is 31.5 Å². The lowest BCUT2D eigenvalue weighted by atomic mass is 10.1. The maximum absolute atomic E-state index is 12.9. The molecule has 7 heteroatoms. The van der Waals surface area contributed by atoms with Gasteiger partial charge in [0.05, 0.1) is 33.9 Å². The first kappa shape index (κ1) is 13.9. The zero-order valence-corrected chi connectivity index (χ0v) is 13.7. The largest absolute Gasteiger partial charge is 0.325 e. The summed E-state index contributed by atoms with van der Waals surface area (Å²) in [6, 6.07) is 1.87. The second-order valence-electron chi connectivity index (χ2n) is 5.67. The Bertz CT molecular complexity index is 1130. The van der Waals surface area contributed by atoms with Gasteiger partial charge in [-0.3, -0.25) is 4.79 Å². The van der Waals surface area contributed by atoms with Gasteiger partial charge in [-0.15, -0.1) is 0 Å². The van der Waals surface area contributed by atoms with Crippen LogP contribution in [0.3, 0.4) is 0 Å². The molecule has 0 atom stereocenters. The number of hydrogen-bond donors (Lipinski definition) is 0. The number of rotatable bonds is 2. The van der Waals surface area contributed by atoms with Gasteiger partial charge in [-0.1, -0.05) is 0 Å². The van der Waals surface area contributed by atoms with Crippen LogP contribution in [-0.2, 0) is 13.1 Å². The first-order chi connectivity index (χ1) is 11.1. The molecule has 0 aliphatic heterocycles. The zero-order valence-electron chi connectivity index (χ0n) is 13.7. The van der Waals surface area contributed by atoms with Crippen molar-refractivity contribution >= 4 is 27.6 Å². The minimum Gasteiger partial charge on any atom is -0.325 e. The van der Waals surface area contributed by atoms with Crippen LogP contribution in [0.1, 0.15) is 25.2 Å².